The smallest absolute Gasteiger partial charge is 0.252 e. The second kappa shape index (κ2) is 19.1. The number of amides is 3. The topological polar surface area (TPSA) is 148 Å². The van der Waals surface area contributed by atoms with Crippen LogP contribution in [0, 0.1) is 63.6 Å². The van der Waals surface area contributed by atoms with E-state index in [0.29, 0.717) is 68.8 Å². The average molecular weight is 956 g/mol. The molecule has 0 bridgehead atoms. The maximum atomic E-state index is 11.8. The molecule has 0 aliphatic heterocycles. The van der Waals surface area contributed by atoms with Gasteiger partial charge in [0.15, 0.2) is 0 Å². The van der Waals surface area contributed by atoms with Gasteiger partial charge in [0.05, 0.1) is 30.4 Å². The predicted molar refractivity (Wildman–Crippen MR) is 283 cm³/mol. The number of rotatable bonds is 6. The quantitative estimate of drug-likeness (QED) is 0.166. The monoisotopic (exact) mass is 956 g/mol. The summed E-state index contributed by atoms with van der Waals surface area (Å²) >= 11 is 0. The minimum Gasteiger partial charge on any atom is -0.496 e. The van der Waals surface area contributed by atoms with E-state index in [1.807, 2.05) is 32.0 Å². The third-order valence-corrected chi connectivity index (χ3v) is 20.1. The number of methoxy groups -OCH3 is 1. The average Bonchev–Trinajstić information content (AvgIpc) is 4.09. The Hall–Kier alpha value is -5.55. The Morgan fingerprint density at radius 3 is 1.32 bits per heavy atom. The van der Waals surface area contributed by atoms with E-state index in [2.05, 4.69) is 87.3 Å². The third kappa shape index (κ3) is 8.65. The summed E-state index contributed by atoms with van der Waals surface area (Å²) in [5.41, 5.74) is 28.5. The number of nitrogens with two attached hydrogens (primary N) is 3. The van der Waals surface area contributed by atoms with Gasteiger partial charge in [-0.15, -0.1) is 5.92 Å². The van der Waals surface area contributed by atoms with Crippen molar-refractivity contribution in [3.8, 4) is 23.3 Å². The fraction of sp³-hybridized carbons (Fsp3) is 0.540. The predicted octanol–water partition coefficient (Wildman–Crippen LogP) is 12.2. The summed E-state index contributed by atoms with van der Waals surface area (Å²) < 4.78 is 11.2. The maximum absolute atomic E-state index is 11.8. The van der Waals surface area contributed by atoms with Crippen molar-refractivity contribution in [1.82, 2.24) is 0 Å². The van der Waals surface area contributed by atoms with Crippen molar-refractivity contribution in [2.45, 2.75) is 149 Å². The molecule has 9 unspecified atom stereocenters. The van der Waals surface area contributed by atoms with Gasteiger partial charge < -0.3 is 26.7 Å². The Bertz CT molecular complexity index is 2790. The van der Waals surface area contributed by atoms with E-state index in [9.17, 15) is 14.4 Å². The van der Waals surface area contributed by atoms with Crippen LogP contribution in [-0.2, 0) is 19.3 Å². The highest BCUT2D eigenvalue weighted by Crippen LogP contribution is 2.61. The highest BCUT2D eigenvalue weighted by molar-refractivity contribution is 5.97. The number of benzene rings is 3. The van der Waals surface area contributed by atoms with Crippen LogP contribution in [0.25, 0.3) is 0 Å². The third-order valence-electron chi connectivity index (χ3n) is 20.1. The van der Waals surface area contributed by atoms with Crippen molar-refractivity contribution < 1.29 is 23.9 Å². The highest BCUT2D eigenvalue weighted by Gasteiger charge is 2.51. The fourth-order valence-electron chi connectivity index (χ4n) is 16.5. The second-order valence-corrected chi connectivity index (χ2v) is 23.6. The van der Waals surface area contributed by atoms with Gasteiger partial charge in [0, 0.05) is 5.56 Å². The molecular weight excluding hydrogens is 879 g/mol. The van der Waals surface area contributed by atoms with Crippen molar-refractivity contribution in [2.75, 3.05) is 13.7 Å². The minimum atomic E-state index is -0.400. The van der Waals surface area contributed by atoms with E-state index >= 15 is 0 Å². The van der Waals surface area contributed by atoms with Crippen molar-refractivity contribution in [3.63, 3.8) is 0 Å². The summed E-state index contributed by atoms with van der Waals surface area (Å²) in [4.78, 5) is 35.3. The molecule has 9 aliphatic carbocycles. The van der Waals surface area contributed by atoms with E-state index in [1.165, 1.54) is 110 Å². The number of ether oxygens (including phenoxy) is 2. The zero-order chi connectivity index (χ0) is 50.0. The van der Waals surface area contributed by atoms with Gasteiger partial charge in [-0.05, 0) is 249 Å². The first kappa shape index (κ1) is 49.0. The summed E-state index contributed by atoms with van der Waals surface area (Å²) in [5, 5.41) is 0. The Balaban J connectivity index is 0.000000123. The minimum absolute atomic E-state index is 0.367. The molecule has 0 heterocycles. The van der Waals surface area contributed by atoms with Crippen LogP contribution in [0.4, 0.5) is 0 Å². The van der Waals surface area contributed by atoms with Crippen LogP contribution < -0.4 is 26.7 Å². The molecule has 374 valence electrons. The van der Waals surface area contributed by atoms with Crippen LogP contribution in [0.1, 0.15) is 199 Å². The number of hydrogen-bond donors (Lipinski definition) is 3. The van der Waals surface area contributed by atoms with Gasteiger partial charge in [0.25, 0.3) is 11.8 Å². The largest absolute Gasteiger partial charge is 0.496 e. The molecular formula is C63H77N3O5. The fourth-order valence-corrected chi connectivity index (χ4v) is 16.5. The zero-order valence-electron chi connectivity index (χ0n) is 43.2. The van der Waals surface area contributed by atoms with Gasteiger partial charge in [0.1, 0.15) is 11.5 Å². The maximum Gasteiger partial charge on any atom is 0.252 e. The van der Waals surface area contributed by atoms with Crippen LogP contribution in [0.15, 0.2) is 72.9 Å². The molecule has 3 aromatic carbocycles. The van der Waals surface area contributed by atoms with Crippen molar-refractivity contribution >= 4 is 17.7 Å². The summed E-state index contributed by atoms with van der Waals surface area (Å²) in [6.45, 7) is 11.6. The van der Waals surface area contributed by atoms with E-state index in [1.54, 1.807) is 7.11 Å². The van der Waals surface area contributed by atoms with E-state index < -0.39 is 5.91 Å². The normalized spacial score (nSPS) is 33.6. The van der Waals surface area contributed by atoms with Crippen LogP contribution in [-0.4, -0.2) is 31.4 Å². The molecule has 0 spiro atoms. The Morgan fingerprint density at radius 2 is 0.944 bits per heavy atom. The summed E-state index contributed by atoms with van der Waals surface area (Å²) in [6.07, 6.45) is 32.6. The van der Waals surface area contributed by atoms with Gasteiger partial charge in [-0.3, -0.25) is 14.4 Å². The lowest BCUT2D eigenvalue weighted by Crippen LogP contribution is -2.39. The van der Waals surface area contributed by atoms with Gasteiger partial charge in [-0.2, -0.15) is 0 Å². The number of primary amides is 3. The first-order valence-electron chi connectivity index (χ1n) is 27.1. The molecule has 8 heteroatoms. The molecule has 3 amide bonds. The lowest BCUT2D eigenvalue weighted by atomic mass is 9.55. The van der Waals surface area contributed by atoms with Gasteiger partial charge >= 0.3 is 0 Å². The van der Waals surface area contributed by atoms with Crippen LogP contribution >= 0.6 is 0 Å². The molecule has 12 atom stereocenters. The number of carbonyl (C=O) groups is 3. The molecule has 3 saturated carbocycles. The van der Waals surface area contributed by atoms with Crippen molar-refractivity contribution in [1.29, 1.82) is 0 Å². The standard InChI is InChI=1S/C22H25NO.C21H27NO2.C20H25NO2/c1-3-5-14-12-18-15(13-19(14)21(23)24)7-8-17-16(18)9-11-22(2)10-4-6-20(17)22;1-3-24-19-12-16-13(11-17(19)20(22)23)6-7-15-14(16)8-10-21(2)9-4-5-18(15)21;1-20-8-3-4-17(20)14-6-5-12-10-16(19(21)22)18(23-2)11-15(12)13(14)7-9-20/h4,10,12-13,16-17,20H,6-9,11H2,1-2H3,(H2,23,24);4,9,11-12,14-15,18H,3,5-8,10H2,1-2H3,(H2,22,23);3,8,10-11,13-14,17H,4-7,9H2,1-2H3,(H2,21,22)/t16?,17?,20?,22-;14?,15?,18?,21-;13?,14?,17?,20-/m000/s1. The van der Waals surface area contributed by atoms with Gasteiger partial charge in [0.2, 0.25) is 5.91 Å². The first-order valence-corrected chi connectivity index (χ1v) is 27.1. The molecule has 12 rings (SSSR count). The molecule has 6 N–H and O–H groups in total. The molecule has 3 fully saturated rings. The van der Waals surface area contributed by atoms with Crippen molar-refractivity contribution in [2.24, 2.45) is 69.0 Å². The Kier molecular flexibility index (Phi) is 13.2. The van der Waals surface area contributed by atoms with Crippen LogP contribution in [0.2, 0.25) is 0 Å². The highest BCUT2D eigenvalue weighted by atomic mass is 16.5. The SMILES string of the molecule is CC#Cc1cc2c(cc1C(N)=O)CCC1C2CC[C@]2(C)C=CCC12.CCOc1cc2c(cc1C(N)=O)CCC1C2CC[C@]2(C)C=CCC12.COc1cc2c(cc1C(N)=O)CCC1C2CC[C@]2(C)C=CCC12. The lowest BCUT2D eigenvalue weighted by Gasteiger charge is -2.49. The molecule has 0 saturated heterocycles. The van der Waals surface area contributed by atoms with Crippen molar-refractivity contribution in [3.05, 3.63) is 128 Å². The van der Waals surface area contributed by atoms with Gasteiger partial charge in [-0.25, -0.2) is 0 Å². The number of hydrogen-bond acceptors (Lipinski definition) is 5. The molecule has 3 aromatic rings. The zero-order valence-corrected chi connectivity index (χ0v) is 43.2. The molecule has 0 aromatic heterocycles. The summed E-state index contributed by atoms with van der Waals surface area (Å²) in [5.74, 6) is 12.6. The number of fused-ring (bicyclic) bond motifs is 15. The van der Waals surface area contributed by atoms with Crippen LogP contribution in [0.5, 0.6) is 11.5 Å². The van der Waals surface area contributed by atoms with Crippen LogP contribution in [0.3, 0.4) is 0 Å². The van der Waals surface area contributed by atoms with E-state index in [-0.39, 0.29) is 11.8 Å². The summed E-state index contributed by atoms with van der Waals surface area (Å²) in [7, 11) is 1.62. The van der Waals surface area contributed by atoms with E-state index in [0.717, 1.165) is 60.3 Å². The molecule has 8 nitrogen and oxygen atoms in total. The number of aryl methyl sites for hydroxylation is 3. The first-order chi connectivity index (χ1) is 34.1. The Morgan fingerprint density at radius 1 is 0.563 bits per heavy atom. The summed E-state index contributed by atoms with van der Waals surface area (Å²) in [6, 6.07) is 12.4. The molecule has 0 radical (unpaired) electrons. The number of allylic oxidation sites excluding steroid dienone is 6. The molecule has 71 heavy (non-hydrogen) atoms. The Labute approximate surface area is 423 Å². The van der Waals surface area contributed by atoms with Gasteiger partial charge in [-0.1, -0.05) is 63.1 Å². The number of carbonyl (C=O) groups excluding carboxylic acids is 3. The molecule has 9 aliphatic rings. The van der Waals surface area contributed by atoms with E-state index in [4.69, 9.17) is 26.7 Å². The lowest BCUT2D eigenvalue weighted by molar-refractivity contribution is 0.0824. The second-order valence-electron chi connectivity index (χ2n) is 23.6.